The zero-order chi connectivity index (χ0) is 18.3. The van der Waals surface area contributed by atoms with Gasteiger partial charge in [-0.15, -0.1) is 0 Å². The topological polar surface area (TPSA) is 88.4 Å². The van der Waals surface area contributed by atoms with E-state index in [4.69, 9.17) is 10.00 Å². The molecule has 0 unspecified atom stereocenters. The van der Waals surface area contributed by atoms with Crippen LogP contribution in [0.1, 0.15) is 31.1 Å². The second-order valence-corrected chi connectivity index (χ2v) is 5.47. The largest absolute Gasteiger partial charge is 0.452 e. The van der Waals surface area contributed by atoms with Gasteiger partial charge in [0.1, 0.15) is 16.9 Å². The zero-order valence-corrected chi connectivity index (χ0v) is 13.5. The van der Waals surface area contributed by atoms with E-state index >= 15 is 0 Å². The van der Waals surface area contributed by atoms with Crippen LogP contribution in [0.5, 0.6) is 5.75 Å². The van der Waals surface area contributed by atoms with E-state index in [2.05, 4.69) is 10.1 Å². The lowest BCUT2D eigenvalue weighted by molar-refractivity contribution is -0.125. The van der Waals surface area contributed by atoms with Gasteiger partial charge in [-0.1, -0.05) is 26.0 Å². The summed E-state index contributed by atoms with van der Waals surface area (Å²) >= 11 is 0. The highest BCUT2D eigenvalue weighted by Crippen LogP contribution is 2.21. The summed E-state index contributed by atoms with van der Waals surface area (Å²) in [6.07, 6.45) is 0. The summed E-state index contributed by atoms with van der Waals surface area (Å²) in [5, 5.41) is 11.6. The van der Waals surface area contributed by atoms with Gasteiger partial charge in [0.25, 0.3) is 5.91 Å². The van der Waals surface area contributed by atoms with E-state index in [1.165, 1.54) is 24.3 Å². The predicted molar refractivity (Wildman–Crippen MR) is 80.4 cm³/mol. The molecule has 1 atom stereocenters. The molecule has 0 heterocycles. The molecule has 24 heavy (non-hydrogen) atoms. The molecule has 0 aromatic heterocycles. The standard InChI is InChI=1S/C16H18F2N2O4/c1-10(2)16(3,9-19)20-13(21)8-23-14(22)11-6-4-5-7-12(11)24-15(17)18/h4-7,10,15H,8H2,1-3H3,(H,20,21)/t16-/m0/s1. The Labute approximate surface area is 138 Å². The van der Waals surface area contributed by atoms with Crippen molar-refractivity contribution in [2.75, 3.05) is 6.61 Å². The van der Waals surface area contributed by atoms with Gasteiger partial charge in [0, 0.05) is 0 Å². The third kappa shape index (κ3) is 5.19. The third-order valence-corrected chi connectivity index (χ3v) is 3.44. The molecular formula is C16H18F2N2O4. The first-order valence-corrected chi connectivity index (χ1v) is 7.13. The lowest BCUT2D eigenvalue weighted by atomic mass is 9.90. The average Bonchev–Trinajstić information content (AvgIpc) is 2.52. The van der Waals surface area contributed by atoms with Crippen LogP contribution in [0.3, 0.4) is 0 Å². The molecule has 0 bridgehead atoms. The minimum absolute atomic E-state index is 0.165. The Balaban J connectivity index is 2.70. The van der Waals surface area contributed by atoms with E-state index < -0.39 is 30.6 Å². The molecule has 1 aromatic carbocycles. The van der Waals surface area contributed by atoms with E-state index in [9.17, 15) is 18.4 Å². The number of nitrogens with zero attached hydrogens (tertiary/aromatic N) is 1. The molecule has 0 fully saturated rings. The molecule has 0 spiro atoms. The monoisotopic (exact) mass is 340 g/mol. The van der Waals surface area contributed by atoms with Gasteiger partial charge in [0.2, 0.25) is 0 Å². The maximum absolute atomic E-state index is 12.3. The number of amides is 1. The Morgan fingerprint density at radius 3 is 2.50 bits per heavy atom. The van der Waals surface area contributed by atoms with Crippen LogP contribution >= 0.6 is 0 Å². The SMILES string of the molecule is CC(C)[C@](C)(C#N)NC(=O)COC(=O)c1ccccc1OC(F)F. The summed E-state index contributed by atoms with van der Waals surface area (Å²) in [5.41, 5.74) is -1.34. The molecule has 8 heteroatoms. The first kappa shape index (κ1) is 19.4. The van der Waals surface area contributed by atoms with E-state index in [0.29, 0.717) is 0 Å². The van der Waals surface area contributed by atoms with Crippen molar-refractivity contribution in [3.05, 3.63) is 29.8 Å². The van der Waals surface area contributed by atoms with Gasteiger partial charge in [-0.25, -0.2) is 4.79 Å². The zero-order valence-electron chi connectivity index (χ0n) is 13.5. The number of nitrogens with one attached hydrogen (secondary N) is 1. The minimum atomic E-state index is -3.09. The average molecular weight is 340 g/mol. The molecule has 6 nitrogen and oxygen atoms in total. The Kier molecular flexibility index (Phi) is 6.65. The fourth-order valence-corrected chi connectivity index (χ4v) is 1.67. The van der Waals surface area contributed by atoms with Crippen molar-refractivity contribution >= 4 is 11.9 Å². The third-order valence-electron chi connectivity index (χ3n) is 3.44. The normalized spacial score (nSPS) is 13.1. The number of alkyl halides is 2. The summed E-state index contributed by atoms with van der Waals surface area (Å²) in [7, 11) is 0. The van der Waals surface area contributed by atoms with Crippen LogP contribution in [0.25, 0.3) is 0 Å². The van der Waals surface area contributed by atoms with E-state index in [-0.39, 0.29) is 17.2 Å². The number of ether oxygens (including phenoxy) is 2. The highest BCUT2D eigenvalue weighted by Gasteiger charge is 2.30. The van der Waals surface area contributed by atoms with Gasteiger partial charge >= 0.3 is 12.6 Å². The van der Waals surface area contributed by atoms with Crippen molar-refractivity contribution in [2.45, 2.75) is 32.9 Å². The molecular weight excluding hydrogens is 322 g/mol. The van der Waals surface area contributed by atoms with Crippen molar-refractivity contribution in [1.82, 2.24) is 5.32 Å². The fourth-order valence-electron chi connectivity index (χ4n) is 1.67. The van der Waals surface area contributed by atoms with Crippen LogP contribution in [0.15, 0.2) is 24.3 Å². The Morgan fingerprint density at radius 1 is 1.33 bits per heavy atom. The second-order valence-electron chi connectivity index (χ2n) is 5.47. The first-order valence-electron chi connectivity index (χ1n) is 7.13. The number of benzene rings is 1. The van der Waals surface area contributed by atoms with Crippen LogP contribution in [-0.2, 0) is 9.53 Å². The smallest absolute Gasteiger partial charge is 0.387 e. The summed E-state index contributed by atoms with van der Waals surface area (Å²) < 4.78 is 33.6. The van der Waals surface area contributed by atoms with Crippen molar-refractivity contribution in [2.24, 2.45) is 5.92 Å². The fraction of sp³-hybridized carbons (Fsp3) is 0.438. The molecule has 1 rings (SSSR count). The van der Waals surface area contributed by atoms with E-state index in [1.807, 2.05) is 6.07 Å². The Morgan fingerprint density at radius 2 is 1.96 bits per heavy atom. The van der Waals surface area contributed by atoms with Gasteiger partial charge in [-0.2, -0.15) is 14.0 Å². The quantitative estimate of drug-likeness (QED) is 0.771. The van der Waals surface area contributed by atoms with Crippen LogP contribution in [0.2, 0.25) is 0 Å². The van der Waals surface area contributed by atoms with Gasteiger partial charge < -0.3 is 14.8 Å². The molecule has 0 saturated heterocycles. The molecule has 1 aromatic rings. The number of hydrogen-bond acceptors (Lipinski definition) is 5. The molecule has 0 saturated carbocycles. The lowest BCUT2D eigenvalue weighted by Gasteiger charge is -2.27. The number of hydrogen-bond donors (Lipinski definition) is 1. The predicted octanol–water partition coefficient (Wildman–Crippen LogP) is 2.50. The van der Waals surface area contributed by atoms with Crippen molar-refractivity contribution in [1.29, 1.82) is 5.26 Å². The molecule has 0 radical (unpaired) electrons. The van der Waals surface area contributed by atoms with E-state index in [1.54, 1.807) is 20.8 Å². The highest BCUT2D eigenvalue weighted by molar-refractivity contribution is 5.94. The van der Waals surface area contributed by atoms with Crippen LogP contribution < -0.4 is 10.1 Å². The molecule has 1 N–H and O–H groups in total. The van der Waals surface area contributed by atoms with Gasteiger partial charge in [0.05, 0.1) is 6.07 Å². The van der Waals surface area contributed by atoms with Gasteiger partial charge in [-0.05, 0) is 25.0 Å². The molecule has 1 amide bonds. The van der Waals surface area contributed by atoms with Crippen molar-refractivity contribution in [3.8, 4) is 11.8 Å². The minimum Gasteiger partial charge on any atom is -0.452 e. The second kappa shape index (κ2) is 8.24. The summed E-state index contributed by atoms with van der Waals surface area (Å²) in [4.78, 5) is 23.8. The number of para-hydroxylation sites is 1. The number of halogens is 2. The van der Waals surface area contributed by atoms with Crippen LogP contribution in [0.4, 0.5) is 8.78 Å². The number of carbonyl (C=O) groups is 2. The van der Waals surface area contributed by atoms with Gasteiger partial charge in [0.15, 0.2) is 6.61 Å². The molecule has 130 valence electrons. The van der Waals surface area contributed by atoms with Crippen molar-refractivity contribution < 1.29 is 27.8 Å². The summed E-state index contributed by atoms with van der Waals surface area (Å²) in [6, 6.07) is 7.28. The molecule has 0 aliphatic carbocycles. The maximum Gasteiger partial charge on any atom is 0.387 e. The van der Waals surface area contributed by atoms with Crippen LogP contribution in [-0.4, -0.2) is 30.6 Å². The highest BCUT2D eigenvalue weighted by atomic mass is 19.3. The molecule has 0 aliphatic heterocycles. The number of esters is 1. The lowest BCUT2D eigenvalue weighted by Crippen LogP contribution is -2.50. The molecule has 0 aliphatic rings. The van der Waals surface area contributed by atoms with Crippen molar-refractivity contribution in [3.63, 3.8) is 0 Å². The Hall–Kier alpha value is -2.69. The van der Waals surface area contributed by atoms with Gasteiger partial charge in [-0.3, -0.25) is 4.79 Å². The number of carbonyl (C=O) groups excluding carboxylic acids is 2. The van der Waals surface area contributed by atoms with Crippen LogP contribution in [0, 0.1) is 17.2 Å². The summed E-state index contributed by atoms with van der Waals surface area (Å²) in [5.74, 6) is -2.16. The Bertz CT molecular complexity index is 643. The number of nitriles is 1. The van der Waals surface area contributed by atoms with E-state index in [0.717, 1.165) is 0 Å². The number of rotatable bonds is 7. The summed E-state index contributed by atoms with van der Waals surface area (Å²) in [6.45, 7) is 1.32. The maximum atomic E-state index is 12.3. The first-order chi connectivity index (χ1) is 11.2.